The summed E-state index contributed by atoms with van der Waals surface area (Å²) < 4.78 is 12.1. The van der Waals surface area contributed by atoms with Gasteiger partial charge in [0, 0.05) is 34.7 Å². The van der Waals surface area contributed by atoms with E-state index in [4.69, 9.17) is 21.1 Å². The number of fused-ring (bicyclic) bond motifs is 9. The molecule has 194 valence electrons. The van der Waals surface area contributed by atoms with E-state index < -0.39 is 0 Å². The molecule has 6 aromatic rings. The molecule has 0 spiro atoms. The molecule has 1 aliphatic heterocycles. The lowest BCUT2D eigenvalue weighted by Crippen LogP contribution is -2.06. The molecule has 7 rings (SSSR count). The van der Waals surface area contributed by atoms with Crippen molar-refractivity contribution in [1.29, 1.82) is 0 Å². The van der Waals surface area contributed by atoms with Gasteiger partial charge in [0.05, 0.1) is 0 Å². The van der Waals surface area contributed by atoms with Gasteiger partial charge in [-0.25, -0.2) is 0 Å². The number of aromatic nitrogens is 7. The average molecular weight is 549 g/mol. The van der Waals surface area contributed by atoms with E-state index in [-0.39, 0.29) is 35.1 Å². The monoisotopic (exact) mass is 548 g/mol. The predicted octanol–water partition coefficient (Wildman–Crippen LogP) is 6.39. The van der Waals surface area contributed by atoms with Crippen LogP contribution >= 0.6 is 11.6 Å². The van der Waals surface area contributed by atoms with Gasteiger partial charge in [-0.05, 0) is 54.1 Å². The molecule has 0 aliphatic carbocycles. The Kier molecular flexibility index (Phi) is 5.83. The summed E-state index contributed by atoms with van der Waals surface area (Å²) in [6.45, 7) is 0. The van der Waals surface area contributed by atoms with Crippen LogP contribution in [0.15, 0.2) is 85.1 Å². The van der Waals surface area contributed by atoms with Crippen LogP contribution in [0.3, 0.4) is 0 Å². The normalized spacial score (nSPS) is 11.9. The first-order chi connectivity index (χ1) is 19.6. The fourth-order valence-corrected chi connectivity index (χ4v) is 4.17. The Morgan fingerprint density at radius 2 is 1.32 bits per heavy atom. The Bertz CT molecular complexity index is 1790. The Balaban J connectivity index is 1.32. The van der Waals surface area contributed by atoms with Crippen LogP contribution in [-0.2, 0) is 0 Å². The molecule has 0 atom stereocenters. The van der Waals surface area contributed by atoms with Gasteiger partial charge in [-0.3, -0.25) is 4.98 Å². The maximum atomic E-state index is 6.16. The first-order valence-electron chi connectivity index (χ1n) is 12.0. The zero-order valence-corrected chi connectivity index (χ0v) is 21.2. The number of halogens is 1. The topological polar surface area (TPSA) is 145 Å². The maximum absolute atomic E-state index is 6.16. The molecule has 0 saturated heterocycles. The predicted molar refractivity (Wildman–Crippen MR) is 149 cm³/mol. The first kappa shape index (κ1) is 23.5. The number of hydrogen-bond acceptors (Lipinski definition) is 12. The molecule has 40 heavy (non-hydrogen) atoms. The molecular formula is C27H17ClN10O2. The van der Waals surface area contributed by atoms with E-state index in [9.17, 15) is 0 Å². The van der Waals surface area contributed by atoms with E-state index in [1.165, 1.54) is 0 Å². The van der Waals surface area contributed by atoms with Crippen LogP contribution in [-0.4, -0.2) is 34.9 Å². The zero-order valence-electron chi connectivity index (χ0n) is 20.4. The van der Waals surface area contributed by atoms with Crippen molar-refractivity contribution in [1.82, 2.24) is 34.9 Å². The molecular weight excluding hydrogens is 532 g/mol. The summed E-state index contributed by atoms with van der Waals surface area (Å²) >= 11 is 6.16. The van der Waals surface area contributed by atoms with Gasteiger partial charge >= 0.3 is 12.0 Å². The lowest BCUT2D eigenvalue weighted by Gasteiger charge is -2.13. The number of pyridine rings is 1. The van der Waals surface area contributed by atoms with Crippen molar-refractivity contribution in [3.05, 3.63) is 90.3 Å². The molecule has 3 N–H and O–H groups in total. The third-order valence-corrected chi connectivity index (χ3v) is 5.84. The van der Waals surface area contributed by atoms with Gasteiger partial charge in [0.25, 0.3) is 0 Å². The van der Waals surface area contributed by atoms with Crippen LogP contribution in [0.1, 0.15) is 0 Å². The van der Waals surface area contributed by atoms with Crippen molar-refractivity contribution in [2.75, 3.05) is 16.0 Å². The Morgan fingerprint density at radius 1 is 0.650 bits per heavy atom. The molecule has 8 bridgehead atoms. The third-order valence-electron chi connectivity index (χ3n) is 5.67. The van der Waals surface area contributed by atoms with E-state index >= 15 is 0 Å². The summed E-state index contributed by atoms with van der Waals surface area (Å²) in [5, 5.41) is 10.4. The number of nitrogens with one attached hydrogen (secondary N) is 3. The second-order valence-electron chi connectivity index (χ2n) is 8.49. The molecule has 4 heterocycles. The van der Waals surface area contributed by atoms with Crippen LogP contribution in [0.2, 0.25) is 5.28 Å². The van der Waals surface area contributed by atoms with E-state index in [1.54, 1.807) is 30.5 Å². The minimum absolute atomic E-state index is 0.0183. The smallest absolute Gasteiger partial charge is 0.330 e. The van der Waals surface area contributed by atoms with Crippen molar-refractivity contribution < 1.29 is 9.47 Å². The molecule has 0 fully saturated rings. The number of hydrogen-bond donors (Lipinski definition) is 3. The van der Waals surface area contributed by atoms with Gasteiger partial charge in [-0.15, -0.1) is 4.98 Å². The molecule has 0 saturated carbocycles. The lowest BCUT2D eigenvalue weighted by atomic mass is 10.2. The summed E-state index contributed by atoms with van der Waals surface area (Å²) in [5.74, 6) is 1.67. The SMILES string of the molecule is Clc1nc2nc(n1)Nc1cccc(c1)Oc1nc(nc(Oc3cccc4cccnc34)n1)Nc1cccc(c1)N2. The van der Waals surface area contributed by atoms with Gasteiger partial charge in [-0.1, -0.05) is 30.3 Å². The molecule has 3 aromatic carbocycles. The van der Waals surface area contributed by atoms with Crippen LogP contribution in [0.4, 0.5) is 34.9 Å². The quantitative estimate of drug-likeness (QED) is 0.220. The fourth-order valence-electron chi connectivity index (χ4n) is 4.01. The van der Waals surface area contributed by atoms with Crippen LogP contribution in [0, 0.1) is 0 Å². The third kappa shape index (κ3) is 5.06. The van der Waals surface area contributed by atoms with Crippen LogP contribution in [0.5, 0.6) is 23.5 Å². The summed E-state index contributed by atoms with van der Waals surface area (Å²) in [6.07, 6.45) is 1.70. The van der Waals surface area contributed by atoms with Crippen LogP contribution < -0.4 is 25.4 Å². The highest BCUT2D eigenvalue weighted by atomic mass is 35.5. The number of ether oxygens (including phenoxy) is 2. The zero-order chi connectivity index (χ0) is 26.9. The van der Waals surface area contributed by atoms with Gasteiger partial charge in [0.1, 0.15) is 11.3 Å². The molecule has 0 amide bonds. The molecule has 12 nitrogen and oxygen atoms in total. The lowest BCUT2D eigenvalue weighted by molar-refractivity contribution is 0.401. The van der Waals surface area contributed by atoms with Crippen molar-refractivity contribution in [2.24, 2.45) is 0 Å². The summed E-state index contributed by atoms with van der Waals surface area (Å²) in [4.78, 5) is 30.6. The van der Waals surface area contributed by atoms with E-state index in [0.717, 1.165) is 5.39 Å². The highest BCUT2D eigenvalue weighted by Crippen LogP contribution is 2.31. The largest absolute Gasteiger partial charge is 0.424 e. The second-order valence-corrected chi connectivity index (χ2v) is 8.83. The number of benzene rings is 3. The summed E-state index contributed by atoms with van der Waals surface area (Å²) in [7, 11) is 0. The van der Waals surface area contributed by atoms with E-state index in [0.29, 0.717) is 34.1 Å². The fraction of sp³-hybridized carbons (Fsp3) is 0. The Morgan fingerprint density at radius 3 is 2.12 bits per heavy atom. The molecule has 3 aromatic heterocycles. The van der Waals surface area contributed by atoms with Crippen molar-refractivity contribution in [2.45, 2.75) is 0 Å². The molecule has 0 radical (unpaired) electrons. The Hall–Kier alpha value is -5.62. The van der Waals surface area contributed by atoms with Gasteiger partial charge in [0.2, 0.25) is 23.1 Å². The van der Waals surface area contributed by atoms with Crippen molar-refractivity contribution in [3.63, 3.8) is 0 Å². The number of rotatable bonds is 2. The number of anilines is 6. The molecule has 1 aliphatic rings. The minimum Gasteiger partial charge on any atom is -0.424 e. The van der Waals surface area contributed by atoms with Gasteiger partial charge in [0.15, 0.2) is 5.75 Å². The van der Waals surface area contributed by atoms with Crippen molar-refractivity contribution >= 4 is 57.4 Å². The van der Waals surface area contributed by atoms with Gasteiger partial charge < -0.3 is 25.4 Å². The second kappa shape index (κ2) is 9.93. The van der Waals surface area contributed by atoms with Crippen molar-refractivity contribution in [3.8, 4) is 23.5 Å². The standard InChI is InChI=1S/C27H17ClN10O2/c28-22-33-23-30-16-7-2-8-17(13-16)31-25-36-26(39-19-10-3-9-18(14-19)32-24(34-22)35-23)38-27(37-25)40-20-11-1-5-15-6-4-12-29-21(15)20/h1-14H,(H,31,36,37,38)(H2,30,32,33,34,35). The van der Waals surface area contributed by atoms with E-state index in [2.05, 4.69) is 50.8 Å². The highest BCUT2D eigenvalue weighted by molar-refractivity contribution is 6.28. The van der Waals surface area contributed by atoms with Crippen LogP contribution in [0.25, 0.3) is 10.9 Å². The average Bonchev–Trinajstić information content (AvgIpc) is 2.93. The highest BCUT2D eigenvalue weighted by Gasteiger charge is 2.15. The first-order valence-corrected chi connectivity index (χ1v) is 12.4. The summed E-state index contributed by atoms with van der Waals surface area (Å²) in [6, 6.07) is 24.0. The minimum atomic E-state index is 0.0183. The number of nitrogens with zero attached hydrogens (tertiary/aromatic N) is 7. The van der Waals surface area contributed by atoms with Gasteiger partial charge in [-0.2, -0.15) is 24.9 Å². The van der Waals surface area contributed by atoms with E-state index in [1.807, 2.05) is 54.6 Å². The maximum Gasteiger partial charge on any atom is 0.330 e. The summed E-state index contributed by atoms with van der Waals surface area (Å²) in [5.41, 5.74) is 2.68. The molecule has 0 unspecified atom stereocenters. The number of para-hydroxylation sites is 1. The Labute approximate surface area is 231 Å². The molecule has 13 heteroatoms.